The van der Waals surface area contributed by atoms with Gasteiger partial charge in [0.2, 0.25) is 0 Å². The highest BCUT2D eigenvalue weighted by Gasteiger charge is 2.09. The summed E-state index contributed by atoms with van der Waals surface area (Å²) < 4.78 is 0. The molecule has 0 atom stereocenters. The molecule has 0 aliphatic carbocycles. The Morgan fingerprint density at radius 1 is 1.11 bits per heavy atom. The number of rotatable bonds is 2. The summed E-state index contributed by atoms with van der Waals surface area (Å²) in [5.74, 6) is -0.0802. The number of aryl methyl sites for hydroxylation is 2. The molecular formula is C15H16N2O2. The van der Waals surface area contributed by atoms with Crippen LogP contribution in [-0.4, -0.2) is 11.0 Å². The van der Waals surface area contributed by atoms with Gasteiger partial charge in [0.1, 0.15) is 5.75 Å². The lowest BCUT2D eigenvalue weighted by Crippen LogP contribution is -2.13. The van der Waals surface area contributed by atoms with E-state index < -0.39 is 0 Å². The highest BCUT2D eigenvalue weighted by molar-refractivity contribution is 6.04. The molecule has 0 aliphatic rings. The molecule has 2 aromatic rings. The number of nitrogens with one attached hydrogen (secondary N) is 1. The summed E-state index contributed by atoms with van der Waals surface area (Å²) in [5, 5.41) is 12.0. The number of carbonyl (C=O) groups is 1. The first-order valence-electron chi connectivity index (χ1n) is 5.94. The number of phenolic OH excluding ortho intramolecular Hbond substituents is 1. The molecule has 2 rings (SSSR count). The quantitative estimate of drug-likeness (QED) is 0.723. The fourth-order valence-electron chi connectivity index (χ4n) is 1.78. The van der Waals surface area contributed by atoms with E-state index in [4.69, 9.17) is 5.73 Å². The van der Waals surface area contributed by atoms with E-state index in [1.165, 1.54) is 12.1 Å². The molecule has 1 amide bonds. The van der Waals surface area contributed by atoms with Crippen molar-refractivity contribution in [2.75, 3.05) is 11.1 Å². The Balaban J connectivity index is 2.24. The molecule has 0 fully saturated rings. The van der Waals surface area contributed by atoms with E-state index in [-0.39, 0.29) is 11.7 Å². The van der Waals surface area contributed by atoms with Gasteiger partial charge in [-0.2, -0.15) is 0 Å². The lowest BCUT2D eigenvalue weighted by molar-refractivity contribution is 0.102. The van der Waals surface area contributed by atoms with Gasteiger partial charge in [-0.15, -0.1) is 0 Å². The van der Waals surface area contributed by atoms with Crippen molar-refractivity contribution in [3.63, 3.8) is 0 Å². The average Bonchev–Trinajstić information content (AvgIpc) is 2.36. The van der Waals surface area contributed by atoms with Gasteiger partial charge in [0.05, 0.1) is 0 Å². The molecule has 98 valence electrons. The molecule has 0 radical (unpaired) electrons. The third kappa shape index (κ3) is 2.85. The van der Waals surface area contributed by atoms with Crippen molar-refractivity contribution in [1.82, 2.24) is 0 Å². The van der Waals surface area contributed by atoms with Crippen LogP contribution >= 0.6 is 0 Å². The molecule has 2 aromatic carbocycles. The lowest BCUT2D eigenvalue weighted by atomic mass is 10.1. The Hall–Kier alpha value is -2.49. The summed E-state index contributed by atoms with van der Waals surface area (Å²) in [5.41, 5.74) is 9.58. The molecule has 0 aromatic heterocycles. The minimum Gasteiger partial charge on any atom is -0.508 e. The van der Waals surface area contributed by atoms with Crippen LogP contribution in [0.3, 0.4) is 0 Å². The van der Waals surface area contributed by atoms with Crippen molar-refractivity contribution in [2.24, 2.45) is 0 Å². The molecule has 0 saturated carbocycles. The number of hydrogen-bond donors (Lipinski definition) is 3. The molecule has 0 saturated heterocycles. The SMILES string of the molecule is Cc1cc(NC(=O)c2ccc(O)cc2)c(C)cc1N. The molecule has 0 bridgehead atoms. The van der Waals surface area contributed by atoms with Crippen molar-refractivity contribution < 1.29 is 9.90 Å². The lowest BCUT2D eigenvalue weighted by Gasteiger charge is -2.11. The molecule has 0 aliphatic heterocycles. The molecule has 0 heterocycles. The van der Waals surface area contributed by atoms with Gasteiger partial charge in [-0.3, -0.25) is 4.79 Å². The molecule has 19 heavy (non-hydrogen) atoms. The van der Waals surface area contributed by atoms with Gasteiger partial charge in [0, 0.05) is 16.9 Å². The summed E-state index contributed by atoms with van der Waals surface area (Å²) in [6, 6.07) is 9.80. The Bertz CT molecular complexity index is 619. The third-order valence-corrected chi connectivity index (χ3v) is 2.99. The maximum Gasteiger partial charge on any atom is 0.255 e. The maximum absolute atomic E-state index is 12.0. The molecule has 4 heteroatoms. The molecule has 0 spiro atoms. The van der Waals surface area contributed by atoms with E-state index >= 15 is 0 Å². The second-order valence-corrected chi connectivity index (χ2v) is 4.52. The molecule has 4 N–H and O–H groups in total. The van der Waals surface area contributed by atoms with Crippen molar-refractivity contribution in [3.8, 4) is 5.75 Å². The number of anilines is 2. The van der Waals surface area contributed by atoms with Crippen LogP contribution in [0.25, 0.3) is 0 Å². The van der Waals surface area contributed by atoms with E-state index in [2.05, 4.69) is 5.32 Å². The van der Waals surface area contributed by atoms with Crippen LogP contribution in [0.1, 0.15) is 21.5 Å². The van der Waals surface area contributed by atoms with Gasteiger partial charge in [0.25, 0.3) is 5.91 Å². The molecule has 0 unspecified atom stereocenters. The number of phenols is 1. The largest absolute Gasteiger partial charge is 0.508 e. The summed E-state index contributed by atoms with van der Waals surface area (Å²) in [6.07, 6.45) is 0. The van der Waals surface area contributed by atoms with Crippen LogP contribution in [-0.2, 0) is 0 Å². The smallest absolute Gasteiger partial charge is 0.255 e. The van der Waals surface area contributed by atoms with E-state index in [1.54, 1.807) is 12.1 Å². The van der Waals surface area contributed by atoms with Crippen LogP contribution in [0.4, 0.5) is 11.4 Å². The monoisotopic (exact) mass is 256 g/mol. The highest BCUT2D eigenvalue weighted by Crippen LogP contribution is 2.22. The van der Waals surface area contributed by atoms with Crippen LogP contribution in [0.2, 0.25) is 0 Å². The summed E-state index contributed by atoms with van der Waals surface area (Å²) >= 11 is 0. The number of nitrogen functional groups attached to an aromatic ring is 1. The van der Waals surface area contributed by atoms with Crippen LogP contribution < -0.4 is 11.1 Å². The van der Waals surface area contributed by atoms with Crippen molar-refractivity contribution in [3.05, 3.63) is 53.1 Å². The predicted molar refractivity (Wildman–Crippen MR) is 76.4 cm³/mol. The zero-order chi connectivity index (χ0) is 14.0. The van der Waals surface area contributed by atoms with Crippen molar-refractivity contribution >= 4 is 17.3 Å². The van der Waals surface area contributed by atoms with Crippen LogP contribution in [0, 0.1) is 13.8 Å². The number of benzene rings is 2. The number of hydrogen-bond acceptors (Lipinski definition) is 3. The average molecular weight is 256 g/mol. The first-order chi connectivity index (χ1) is 8.97. The predicted octanol–water partition coefficient (Wildman–Crippen LogP) is 2.84. The molecule has 4 nitrogen and oxygen atoms in total. The highest BCUT2D eigenvalue weighted by atomic mass is 16.3. The van der Waals surface area contributed by atoms with Gasteiger partial charge in [-0.25, -0.2) is 0 Å². The van der Waals surface area contributed by atoms with E-state index in [0.29, 0.717) is 11.3 Å². The van der Waals surface area contributed by atoms with Crippen molar-refractivity contribution in [1.29, 1.82) is 0 Å². The number of nitrogens with two attached hydrogens (primary N) is 1. The summed E-state index contributed by atoms with van der Waals surface area (Å²) in [4.78, 5) is 12.0. The number of aromatic hydroxyl groups is 1. The Morgan fingerprint density at radius 3 is 2.37 bits per heavy atom. The zero-order valence-corrected chi connectivity index (χ0v) is 10.9. The minimum atomic E-state index is -0.215. The van der Waals surface area contributed by atoms with Crippen molar-refractivity contribution in [2.45, 2.75) is 13.8 Å². The van der Waals surface area contributed by atoms with Gasteiger partial charge in [-0.05, 0) is 61.4 Å². The zero-order valence-electron chi connectivity index (χ0n) is 10.9. The van der Waals surface area contributed by atoms with Gasteiger partial charge < -0.3 is 16.2 Å². The second kappa shape index (κ2) is 5.02. The third-order valence-electron chi connectivity index (χ3n) is 2.99. The van der Waals surface area contributed by atoms with E-state index in [0.717, 1.165) is 16.8 Å². The van der Waals surface area contributed by atoms with Crippen LogP contribution in [0.15, 0.2) is 36.4 Å². The Morgan fingerprint density at radius 2 is 1.74 bits per heavy atom. The summed E-state index contributed by atoms with van der Waals surface area (Å²) in [6.45, 7) is 3.78. The molecular weight excluding hydrogens is 240 g/mol. The minimum absolute atomic E-state index is 0.135. The standard InChI is InChI=1S/C15H16N2O2/c1-9-8-14(10(2)7-13(9)16)17-15(19)11-3-5-12(18)6-4-11/h3-8,18H,16H2,1-2H3,(H,17,19). The fraction of sp³-hybridized carbons (Fsp3) is 0.133. The van der Waals surface area contributed by atoms with E-state index in [9.17, 15) is 9.90 Å². The summed E-state index contributed by atoms with van der Waals surface area (Å²) in [7, 11) is 0. The number of amides is 1. The van der Waals surface area contributed by atoms with Gasteiger partial charge >= 0.3 is 0 Å². The topological polar surface area (TPSA) is 75.3 Å². The Kier molecular flexibility index (Phi) is 3.42. The van der Waals surface area contributed by atoms with Gasteiger partial charge in [0.15, 0.2) is 0 Å². The normalized spacial score (nSPS) is 10.2. The Labute approximate surface area is 111 Å². The first-order valence-corrected chi connectivity index (χ1v) is 5.94. The number of carbonyl (C=O) groups excluding carboxylic acids is 1. The van der Waals surface area contributed by atoms with Crippen LogP contribution in [0.5, 0.6) is 5.75 Å². The first kappa shape index (κ1) is 13.0. The van der Waals surface area contributed by atoms with E-state index in [1.807, 2.05) is 26.0 Å². The van der Waals surface area contributed by atoms with Gasteiger partial charge in [-0.1, -0.05) is 0 Å². The maximum atomic E-state index is 12.0. The second-order valence-electron chi connectivity index (χ2n) is 4.52. The fourth-order valence-corrected chi connectivity index (χ4v) is 1.78.